The third-order valence-electron chi connectivity index (χ3n) is 2.40. The number of carbonyl (C=O) groups is 1. The second kappa shape index (κ2) is 7.57. The van der Waals surface area contributed by atoms with Crippen LogP contribution in [-0.4, -0.2) is 24.6 Å². The van der Waals surface area contributed by atoms with Crippen LogP contribution in [0.4, 0.5) is 0 Å². The molecule has 0 aliphatic rings. The third-order valence-corrected chi connectivity index (χ3v) is 2.40. The summed E-state index contributed by atoms with van der Waals surface area (Å²) < 4.78 is 4.68. The highest BCUT2D eigenvalue weighted by Gasteiger charge is 2.05. The van der Waals surface area contributed by atoms with Crippen LogP contribution < -0.4 is 5.32 Å². The van der Waals surface area contributed by atoms with Crippen molar-refractivity contribution in [2.75, 3.05) is 13.7 Å². The number of ether oxygens (including phenoxy) is 1. The van der Waals surface area contributed by atoms with E-state index in [0.717, 1.165) is 6.54 Å². The zero-order valence-electron chi connectivity index (χ0n) is 10.3. The van der Waals surface area contributed by atoms with Gasteiger partial charge in [0.1, 0.15) is 0 Å². The van der Waals surface area contributed by atoms with Gasteiger partial charge in [-0.05, 0) is 24.1 Å². The lowest BCUT2D eigenvalue weighted by Crippen LogP contribution is -2.15. The zero-order valence-corrected chi connectivity index (χ0v) is 10.3. The highest BCUT2D eigenvalue weighted by atomic mass is 16.5. The van der Waals surface area contributed by atoms with Gasteiger partial charge in [0.15, 0.2) is 0 Å². The van der Waals surface area contributed by atoms with E-state index < -0.39 is 0 Å². The molecule has 1 N–H and O–H groups in total. The minimum atomic E-state index is -0.252. The number of hydrogen-bond acceptors (Lipinski definition) is 4. The van der Waals surface area contributed by atoms with E-state index in [1.54, 1.807) is 12.4 Å². The van der Waals surface area contributed by atoms with E-state index in [2.05, 4.69) is 15.0 Å². The molecule has 0 bridgehead atoms. The van der Waals surface area contributed by atoms with Crippen LogP contribution in [0.1, 0.15) is 18.9 Å². The molecule has 1 rings (SSSR count). The van der Waals surface area contributed by atoms with Crippen molar-refractivity contribution in [1.29, 1.82) is 0 Å². The Hall–Kier alpha value is -1.68. The Kier molecular flexibility index (Phi) is 5.96. The first kappa shape index (κ1) is 13.4. The summed E-state index contributed by atoms with van der Waals surface area (Å²) in [6.45, 7) is 3.35. The van der Waals surface area contributed by atoms with Crippen molar-refractivity contribution in [3.63, 3.8) is 0 Å². The summed E-state index contributed by atoms with van der Waals surface area (Å²) in [7, 11) is 1.40. The molecule has 0 saturated carbocycles. The Morgan fingerprint density at radius 3 is 2.76 bits per heavy atom. The molecule has 0 amide bonds. The molecule has 0 saturated heterocycles. The van der Waals surface area contributed by atoms with E-state index in [0.29, 0.717) is 18.5 Å². The second-order valence-corrected chi connectivity index (χ2v) is 3.56. The van der Waals surface area contributed by atoms with Gasteiger partial charge in [-0.25, -0.2) is 4.79 Å². The number of nitrogens with zero attached hydrogens (tertiary/aromatic N) is 1. The molecule has 4 heteroatoms. The molecule has 1 heterocycles. The molecule has 1 aromatic rings. The van der Waals surface area contributed by atoms with Gasteiger partial charge in [0.2, 0.25) is 0 Å². The first-order chi connectivity index (χ1) is 8.27. The molecule has 1 aromatic heterocycles. The summed E-state index contributed by atoms with van der Waals surface area (Å²) in [4.78, 5) is 15.2. The molecular weight excluding hydrogens is 216 g/mol. The van der Waals surface area contributed by atoms with Gasteiger partial charge < -0.3 is 10.1 Å². The topological polar surface area (TPSA) is 51.2 Å². The van der Waals surface area contributed by atoms with Gasteiger partial charge in [-0.15, -0.1) is 0 Å². The maximum absolute atomic E-state index is 11.3. The highest BCUT2D eigenvalue weighted by Crippen LogP contribution is 2.02. The van der Waals surface area contributed by atoms with Gasteiger partial charge in [-0.1, -0.05) is 13.0 Å². The molecule has 0 atom stereocenters. The van der Waals surface area contributed by atoms with Crippen molar-refractivity contribution in [3.05, 3.63) is 41.7 Å². The quantitative estimate of drug-likeness (QED) is 0.462. The molecule has 0 unspecified atom stereocenters. The van der Waals surface area contributed by atoms with Crippen LogP contribution in [0.3, 0.4) is 0 Å². The number of hydrogen-bond donors (Lipinski definition) is 1. The number of nitrogens with one attached hydrogen (secondary N) is 1. The van der Waals surface area contributed by atoms with Gasteiger partial charge >= 0.3 is 5.97 Å². The van der Waals surface area contributed by atoms with E-state index in [9.17, 15) is 4.79 Å². The van der Waals surface area contributed by atoms with Gasteiger partial charge in [-0.3, -0.25) is 4.98 Å². The van der Waals surface area contributed by atoms with Crippen molar-refractivity contribution in [3.8, 4) is 0 Å². The summed E-state index contributed by atoms with van der Waals surface area (Å²) in [6.07, 6.45) is 6.08. The minimum Gasteiger partial charge on any atom is -0.466 e. The Morgan fingerprint density at radius 1 is 1.47 bits per heavy atom. The fraction of sp³-hybridized carbons (Fsp3) is 0.385. The lowest BCUT2D eigenvalue weighted by molar-refractivity contribution is -0.136. The highest BCUT2D eigenvalue weighted by molar-refractivity contribution is 5.88. The van der Waals surface area contributed by atoms with Crippen LogP contribution in [-0.2, 0) is 16.1 Å². The maximum atomic E-state index is 11.3. The van der Waals surface area contributed by atoms with Crippen molar-refractivity contribution in [2.45, 2.75) is 19.9 Å². The van der Waals surface area contributed by atoms with Crippen molar-refractivity contribution in [2.24, 2.45) is 0 Å². The summed E-state index contributed by atoms with van der Waals surface area (Å²) >= 11 is 0. The first-order valence-electron chi connectivity index (χ1n) is 5.65. The van der Waals surface area contributed by atoms with E-state index in [1.807, 2.05) is 25.1 Å². The molecule has 0 aliphatic heterocycles. The first-order valence-corrected chi connectivity index (χ1v) is 5.65. The van der Waals surface area contributed by atoms with Crippen molar-refractivity contribution in [1.82, 2.24) is 10.3 Å². The predicted molar refractivity (Wildman–Crippen MR) is 66.3 cm³/mol. The molecule has 92 valence electrons. The van der Waals surface area contributed by atoms with E-state index in [4.69, 9.17) is 0 Å². The van der Waals surface area contributed by atoms with Gasteiger partial charge in [0, 0.05) is 31.1 Å². The molecule has 0 aliphatic carbocycles. The summed E-state index contributed by atoms with van der Waals surface area (Å²) in [5.74, 6) is -0.252. The van der Waals surface area contributed by atoms with Crippen LogP contribution in [0.25, 0.3) is 0 Å². The number of aromatic nitrogens is 1. The Bertz CT molecular complexity index is 374. The van der Waals surface area contributed by atoms with Crippen LogP contribution >= 0.6 is 0 Å². The molecule has 0 aromatic carbocycles. The maximum Gasteiger partial charge on any atom is 0.333 e. The number of esters is 1. The molecule has 0 radical (unpaired) electrons. The molecule has 0 fully saturated rings. The van der Waals surface area contributed by atoms with Gasteiger partial charge in [0.05, 0.1) is 7.11 Å². The average molecular weight is 234 g/mol. The largest absolute Gasteiger partial charge is 0.466 e. The second-order valence-electron chi connectivity index (χ2n) is 3.56. The Balaban J connectivity index is 2.36. The SMILES string of the molecule is CC/C(=C/CNCc1ccncc1)C(=O)OC. The summed E-state index contributed by atoms with van der Waals surface area (Å²) in [5.41, 5.74) is 1.87. The fourth-order valence-corrected chi connectivity index (χ4v) is 1.42. The lowest BCUT2D eigenvalue weighted by atomic mass is 10.2. The van der Waals surface area contributed by atoms with Crippen molar-refractivity contribution < 1.29 is 9.53 Å². The van der Waals surface area contributed by atoms with Crippen LogP contribution in [0.5, 0.6) is 0 Å². The van der Waals surface area contributed by atoms with Crippen LogP contribution in [0.15, 0.2) is 36.2 Å². The average Bonchev–Trinajstić information content (AvgIpc) is 2.39. The Morgan fingerprint density at radius 2 is 2.18 bits per heavy atom. The van der Waals surface area contributed by atoms with Gasteiger partial charge in [-0.2, -0.15) is 0 Å². The lowest BCUT2D eigenvalue weighted by Gasteiger charge is -2.04. The molecular formula is C13H18N2O2. The summed E-state index contributed by atoms with van der Waals surface area (Å²) in [5, 5.41) is 3.23. The molecule has 0 spiro atoms. The normalized spacial score (nSPS) is 11.3. The van der Waals surface area contributed by atoms with Crippen LogP contribution in [0, 0.1) is 0 Å². The fourth-order valence-electron chi connectivity index (χ4n) is 1.42. The zero-order chi connectivity index (χ0) is 12.5. The van der Waals surface area contributed by atoms with Crippen LogP contribution in [0.2, 0.25) is 0 Å². The predicted octanol–water partition coefficient (Wildman–Crippen LogP) is 1.68. The monoisotopic (exact) mass is 234 g/mol. The van der Waals surface area contributed by atoms with E-state index in [-0.39, 0.29) is 5.97 Å². The number of methoxy groups -OCH3 is 1. The number of pyridine rings is 1. The number of rotatable bonds is 6. The number of carbonyl (C=O) groups excluding carboxylic acids is 1. The minimum absolute atomic E-state index is 0.252. The standard InChI is InChI=1S/C13H18N2O2/c1-3-12(13(16)17-2)6-9-15-10-11-4-7-14-8-5-11/h4-8,15H,3,9-10H2,1-2H3/b12-6-. The third kappa shape index (κ3) is 4.78. The molecule has 17 heavy (non-hydrogen) atoms. The summed E-state index contributed by atoms with van der Waals surface area (Å²) in [6, 6.07) is 3.91. The van der Waals surface area contributed by atoms with E-state index in [1.165, 1.54) is 12.7 Å². The van der Waals surface area contributed by atoms with Crippen molar-refractivity contribution >= 4 is 5.97 Å². The van der Waals surface area contributed by atoms with E-state index >= 15 is 0 Å². The molecule has 4 nitrogen and oxygen atoms in total. The van der Waals surface area contributed by atoms with Gasteiger partial charge in [0.25, 0.3) is 0 Å². The Labute approximate surface area is 102 Å². The smallest absolute Gasteiger partial charge is 0.333 e.